The molecule has 1 rings (SSSR count). The van der Waals surface area contributed by atoms with E-state index >= 15 is 0 Å². The number of amides is 1. The number of carbonyl (C=O) groups is 1. The maximum Gasteiger partial charge on any atom is 0.425 e. The minimum absolute atomic E-state index is 0.0216. The largest absolute Gasteiger partial charge is 0.443 e. The second-order valence-corrected chi connectivity index (χ2v) is 6.08. The molecule has 0 bridgehead atoms. The number of nitrogens with zero attached hydrogens (tertiary/aromatic N) is 1. The van der Waals surface area contributed by atoms with E-state index in [0.29, 0.717) is 10.7 Å². The number of ether oxygens (including phenoxy) is 1. The van der Waals surface area contributed by atoms with Crippen LogP contribution in [0.3, 0.4) is 0 Å². The molecule has 0 aromatic heterocycles. The lowest BCUT2D eigenvalue weighted by Crippen LogP contribution is -2.38. The van der Waals surface area contributed by atoms with Gasteiger partial charge in [0, 0.05) is 0 Å². The predicted octanol–water partition coefficient (Wildman–Crippen LogP) is 1.28. The third kappa shape index (κ3) is 3.08. The minimum Gasteiger partial charge on any atom is -0.443 e. The molecular weight excluding hydrogens is 234 g/mol. The van der Waals surface area contributed by atoms with Crippen molar-refractivity contribution in [1.82, 2.24) is 4.31 Å². The summed E-state index contributed by atoms with van der Waals surface area (Å²) in [7, 11) is -3.96. The van der Waals surface area contributed by atoms with E-state index in [9.17, 15) is 13.2 Å². The Morgan fingerprint density at radius 3 is 2.44 bits per heavy atom. The molecule has 1 aliphatic heterocycles. The molecule has 0 aromatic rings. The van der Waals surface area contributed by atoms with Gasteiger partial charge in [-0.05, 0) is 27.2 Å². The van der Waals surface area contributed by atoms with E-state index in [0.717, 1.165) is 0 Å². The van der Waals surface area contributed by atoms with E-state index in [2.05, 4.69) is 0 Å². The average molecular weight is 251 g/mol. The summed E-state index contributed by atoms with van der Waals surface area (Å²) < 4.78 is 33.3. The molecule has 16 heavy (non-hydrogen) atoms. The Morgan fingerprint density at radius 2 is 2.06 bits per heavy atom. The maximum absolute atomic E-state index is 11.6. The van der Waals surface area contributed by atoms with Gasteiger partial charge in [-0.2, -0.15) is 12.7 Å². The van der Waals surface area contributed by atoms with Crippen LogP contribution in [-0.2, 0) is 19.2 Å². The highest BCUT2D eigenvalue weighted by molar-refractivity contribution is 7.85. The molecule has 1 aliphatic rings. The lowest BCUT2D eigenvalue weighted by molar-refractivity contribution is 0.0397. The number of hydrogen-bond acceptors (Lipinski definition) is 5. The smallest absolute Gasteiger partial charge is 0.425 e. The topological polar surface area (TPSA) is 72.9 Å². The molecular formula is C9H17NO5S. The van der Waals surface area contributed by atoms with Crippen molar-refractivity contribution in [3.8, 4) is 0 Å². The Kier molecular flexibility index (Phi) is 3.49. The highest BCUT2D eigenvalue weighted by Gasteiger charge is 2.41. The molecule has 94 valence electrons. The van der Waals surface area contributed by atoms with Crippen LogP contribution in [0.5, 0.6) is 0 Å². The molecule has 0 unspecified atom stereocenters. The standard InChI is InChI=1S/C9H17NO5S/c1-5-7-6-10(16(12,13)15-7)8(11)14-9(2,3)4/h7H,5-6H2,1-4H3/t7-/m0/s1. The molecule has 7 heteroatoms. The Bertz CT molecular complexity index is 370. The Hall–Kier alpha value is -0.820. The van der Waals surface area contributed by atoms with Crippen LogP contribution in [0.25, 0.3) is 0 Å². The molecule has 0 saturated carbocycles. The SMILES string of the molecule is CC[C@H]1CN(C(=O)OC(C)(C)C)S(=O)(=O)O1. The van der Waals surface area contributed by atoms with Crippen molar-refractivity contribution in [3.63, 3.8) is 0 Å². The second-order valence-electron chi connectivity index (χ2n) is 4.60. The lowest BCUT2D eigenvalue weighted by atomic mass is 10.2. The minimum atomic E-state index is -3.96. The molecule has 0 aliphatic carbocycles. The summed E-state index contributed by atoms with van der Waals surface area (Å²) in [6, 6.07) is 0. The van der Waals surface area contributed by atoms with Gasteiger partial charge in [0.1, 0.15) is 5.60 Å². The van der Waals surface area contributed by atoms with Crippen molar-refractivity contribution < 1.29 is 22.1 Å². The van der Waals surface area contributed by atoms with Crippen LogP contribution >= 0.6 is 0 Å². The molecule has 1 saturated heterocycles. The van der Waals surface area contributed by atoms with Crippen molar-refractivity contribution in [1.29, 1.82) is 0 Å². The monoisotopic (exact) mass is 251 g/mol. The molecule has 0 radical (unpaired) electrons. The van der Waals surface area contributed by atoms with E-state index in [1.165, 1.54) is 0 Å². The first-order valence-electron chi connectivity index (χ1n) is 5.09. The molecule has 1 amide bonds. The van der Waals surface area contributed by atoms with Crippen LogP contribution in [0.2, 0.25) is 0 Å². The van der Waals surface area contributed by atoms with Crippen LogP contribution in [0.1, 0.15) is 34.1 Å². The third-order valence-electron chi connectivity index (χ3n) is 1.95. The molecule has 1 atom stereocenters. The lowest BCUT2D eigenvalue weighted by Gasteiger charge is -2.22. The van der Waals surface area contributed by atoms with Gasteiger partial charge in [0.15, 0.2) is 0 Å². The van der Waals surface area contributed by atoms with Crippen molar-refractivity contribution in [2.45, 2.75) is 45.8 Å². The summed E-state index contributed by atoms with van der Waals surface area (Å²) in [5.41, 5.74) is -0.725. The summed E-state index contributed by atoms with van der Waals surface area (Å²) in [6.45, 7) is 6.83. The summed E-state index contributed by atoms with van der Waals surface area (Å²) in [4.78, 5) is 11.6. The van der Waals surface area contributed by atoms with Crippen LogP contribution in [0.4, 0.5) is 4.79 Å². The third-order valence-corrected chi connectivity index (χ3v) is 3.30. The van der Waals surface area contributed by atoms with E-state index in [1.807, 2.05) is 0 Å². The summed E-state index contributed by atoms with van der Waals surface area (Å²) in [5.74, 6) is 0. The quantitative estimate of drug-likeness (QED) is 0.702. The first-order valence-corrected chi connectivity index (χ1v) is 6.46. The molecule has 0 spiro atoms. The van der Waals surface area contributed by atoms with Gasteiger partial charge in [0.25, 0.3) is 0 Å². The van der Waals surface area contributed by atoms with E-state index < -0.39 is 28.1 Å². The maximum atomic E-state index is 11.6. The molecule has 1 fully saturated rings. The summed E-state index contributed by atoms with van der Waals surface area (Å²) >= 11 is 0. The van der Waals surface area contributed by atoms with Gasteiger partial charge < -0.3 is 4.74 Å². The number of carbonyl (C=O) groups excluding carboxylic acids is 1. The van der Waals surface area contributed by atoms with E-state index in [1.54, 1.807) is 27.7 Å². The van der Waals surface area contributed by atoms with Crippen LogP contribution < -0.4 is 0 Å². The number of hydrogen-bond donors (Lipinski definition) is 0. The van der Waals surface area contributed by atoms with Crippen LogP contribution in [0.15, 0.2) is 0 Å². The van der Waals surface area contributed by atoms with Crippen LogP contribution in [-0.4, -0.2) is 37.1 Å². The van der Waals surface area contributed by atoms with Crippen molar-refractivity contribution >= 4 is 16.4 Å². The molecule has 0 N–H and O–H groups in total. The first-order chi connectivity index (χ1) is 7.15. The molecule has 6 nitrogen and oxygen atoms in total. The van der Waals surface area contributed by atoms with E-state index in [-0.39, 0.29) is 6.54 Å². The first kappa shape index (κ1) is 13.2. The highest BCUT2D eigenvalue weighted by atomic mass is 32.2. The molecule has 1 heterocycles. The fraction of sp³-hybridized carbons (Fsp3) is 0.889. The second kappa shape index (κ2) is 4.21. The fourth-order valence-electron chi connectivity index (χ4n) is 1.21. The zero-order valence-corrected chi connectivity index (χ0v) is 10.7. The normalized spacial score (nSPS) is 24.5. The van der Waals surface area contributed by atoms with Gasteiger partial charge in [-0.1, -0.05) is 6.92 Å². The van der Waals surface area contributed by atoms with Gasteiger partial charge in [-0.25, -0.2) is 8.98 Å². The Labute approximate surface area is 95.8 Å². The van der Waals surface area contributed by atoms with Crippen molar-refractivity contribution in [2.24, 2.45) is 0 Å². The fourth-order valence-corrected chi connectivity index (χ4v) is 2.42. The predicted molar refractivity (Wildman–Crippen MR) is 57.0 cm³/mol. The van der Waals surface area contributed by atoms with Gasteiger partial charge in [-0.3, -0.25) is 0 Å². The van der Waals surface area contributed by atoms with E-state index in [4.69, 9.17) is 8.92 Å². The number of rotatable bonds is 1. The Morgan fingerprint density at radius 1 is 1.50 bits per heavy atom. The van der Waals surface area contributed by atoms with Gasteiger partial charge in [-0.15, -0.1) is 0 Å². The van der Waals surface area contributed by atoms with Crippen molar-refractivity contribution in [3.05, 3.63) is 0 Å². The summed E-state index contributed by atoms with van der Waals surface area (Å²) in [5, 5.41) is 0. The highest BCUT2D eigenvalue weighted by Crippen LogP contribution is 2.22. The van der Waals surface area contributed by atoms with Gasteiger partial charge >= 0.3 is 16.4 Å². The average Bonchev–Trinajstić information content (AvgIpc) is 2.37. The van der Waals surface area contributed by atoms with Crippen LogP contribution in [0, 0.1) is 0 Å². The zero-order chi connectivity index (χ0) is 12.6. The van der Waals surface area contributed by atoms with Gasteiger partial charge in [0.2, 0.25) is 0 Å². The van der Waals surface area contributed by atoms with Gasteiger partial charge in [0.05, 0.1) is 12.6 Å². The molecule has 0 aromatic carbocycles. The zero-order valence-electron chi connectivity index (χ0n) is 9.89. The Balaban J connectivity index is 2.78. The van der Waals surface area contributed by atoms with Crippen molar-refractivity contribution in [2.75, 3.05) is 6.54 Å². The summed E-state index contributed by atoms with van der Waals surface area (Å²) in [6.07, 6.45) is -0.834.